The minimum absolute atomic E-state index is 0.149. The van der Waals surface area contributed by atoms with Gasteiger partial charge in [-0.1, -0.05) is 18.2 Å². The second-order valence-corrected chi connectivity index (χ2v) is 5.10. The zero-order valence-electron chi connectivity index (χ0n) is 11.7. The van der Waals surface area contributed by atoms with Crippen molar-refractivity contribution >= 4 is 0 Å². The molecule has 2 unspecified atom stereocenters. The molecule has 3 nitrogen and oxygen atoms in total. The van der Waals surface area contributed by atoms with Crippen molar-refractivity contribution in [2.75, 3.05) is 6.54 Å². The second kappa shape index (κ2) is 5.59. The predicted molar refractivity (Wildman–Crippen MR) is 76.1 cm³/mol. The second-order valence-electron chi connectivity index (χ2n) is 5.10. The van der Waals surface area contributed by atoms with E-state index in [2.05, 4.69) is 26.0 Å². The van der Waals surface area contributed by atoms with Crippen molar-refractivity contribution in [1.29, 1.82) is 0 Å². The fraction of sp³-hybridized carbons (Fsp3) is 0.375. The predicted octanol–water partition coefficient (Wildman–Crippen LogP) is 2.98. The molecule has 19 heavy (non-hydrogen) atoms. The van der Waals surface area contributed by atoms with E-state index in [1.807, 2.05) is 19.1 Å². The summed E-state index contributed by atoms with van der Waals surface area (Å²) >= 11 is 0. The highest BCUT2D eigenvalue weighted by molar-refractivity contribution is 5.34. The van der Waals surface area contributed by atoms with Gasteiger partial charge in [-0.25, -0.2) is 0 Å². The van der Waals surface area contributed by atoms with Crippen molar-refractivity contribution in [3.05, 3.63) is 58.5 Å². The van der Waals surface area contributed by atoms with Crippen molar-refractivity contribution in [3.8, 4) is 0 Å². The molecule has 0 aliphatic rings. The summed E-state index contributed by atoms with van der Waals surface area (Å²) in [5.74, 6) is 0.456. The van der Waals surface area contributed by atoms with Crippen LogP contribution in [-0.2, 0) is 0 Å². The van der Waals surface area contributed by atoms with Crippen LogP contribution in [0.25, 0.3) is 0 Å². The molecule has 1 aromatic carbocycles. The number of aliphatic hydroxyl groups is 1. The number of aryl methyl sites for hydroxylation is 3. The van der Waals surface area contributed by atoms with Crippen LogP contribution in [0.4, 0.5) is 0 Å². The van der Waals surface area contributed by atoms with E-state index in [1.54, 1.807) is 6.26 Å². The molecule has 0 saturated carbocycles. The summed E-state index contributed by atoms with van der Waals surface area (Å²) < 4.78 is 5.38. The van der Waals surface area contributed by atoms with Gasteiger partial charge in [-0.2, -0.15) is 0 Å². The largest absolute Gasteiger partial charge is 0.466 e. The van der Waals surface area contributed by atoms with E-state index in [9.17, 15) is 5.11 Å². The van der Waals surface area contributed by atoms with Crippen LogP contribution in [0.1, 0.15) is 40.0 Å². The molecule has 0 spiro atoms. The smallest absolute Gasteiger partial charge is 0.135 e. The summed E-state index contributed by atoms with van der Waals surface area (Å²) in [6, 6.07) is 8.04. The Kier molecular flexibility index (Phi) is 4.08. The van der Waals surface area contributed by atoms with Crippen molar-refractivity contribution in [2.45, 2.75) is 32.8 Å². The zero-order chi connectivity index (χ0) is 14.0. The van der Waals surface area contributed by atoms with Gasteiger partial charge in [0.25, 0.3) is 0 Å². The number of hydrogen-bond donors (Lipinski definition) is 2. The molecule has 0 radical (unpaired) electrons. The lowest BCUT2D eigenvalue weighted by atomic mass is 9.89. The number of hydrogen-bond acceptors (Lipinski definition) is 3. The van der Waals surface area contributed by atoms with Crippen molar-refractivity contribution < 1.29 is 9.52 Å². The average Bonchev–Trinajstić information content (AvgIpc) is 2.80. The third-order valence-corrected chi connectivity index (χ3v) is 3.76. The Morgan fingerprint density at radius 3 is 2.37 bits per heavy atom. The molecule has 102 valence electrons. The van der Waals surface area contributed by atoms with Crippen molar-refractivity contribution in [3.63, 3.8) is 0 Å². The fourth-order valence-corrected chi connectivity index (χ4v) is 2.31. The molecule has 3 N–H and O–H groups in total. The third-order valence-electron chi connectivity index (χ3n) is 3.76. The fourth-order valence-electron chi connectivity index (χ4n) is 2.31. The van der Waals surface area contributed by atoms with Crippen LogP contribution in [0.3, 0.4) is 0 Å². The lowest BCUT2D eigenvalue weighted by Crippen LogP contribution is -2.20. The molecule has 1 aromatic heterocycles. The van der Waals surface area contributed by atoms with Gasteiger partial charge in [0, 0.05) is 12.5 Å². The minimum Gasteiger partial charge on any atom is -0.466 e. The molecule has 2 atom stereocenters. The van der Waals surface area contributed by atoms with Crippen LogP contribution in [0.5, 0.6) is 0 Å². The van der Waals surface area contributed by atoms with Gasteiger partial charge in [0.1, 0.15) is 11.9 Å². The Balaban J connectivity index is 2.34. The minimum atomic E-state index is -0.706. The number of furan rings is 1. The van der Waals surface area contributed by atoms with Crippen LogP contribution in [0.2, 0.25) is 0 Å². The summed E-state index contributed by atoms with van der Waals surface area (Å²) in [5, 5.41) is 10.5. The lowest BCUT2D eigenvalue weighted by molar-refractivity contribution is 0.121. The molecule has 0 fully saturated rings. The van der Waals surface area contributed by atoms with E-state index < -0.39 is 6.10 Å². The maximum absolute atomic E-state index is 10.5. The first kappa shape index (κ1) is 13.8. The topological polar surface area (TPSA) is 59.4 Å². The van der Waals surface area contributed by atoms with E-state index in [-0.39, 0.29) is 5.92 Å². The third kappa shape index (κ3) is 2.72. The van der Waals surface area contributed by atoms with Crippen LogP contribution in [-0.4, -0.2) is 11.7 Å². The first-order chi connectivity index (χ1) is 9.04. The van der Waals surface area contributed by atoms with Crippen LogP contribution in [0.15, 0.2) is 34.9 Å². The molecule has 0 aliphatic carbocycles. The van der Waals surface area contributed by atoms with Gasteiger partial charge in [-0.3, -0.25) is 0 Å². The summed E-state index contributed by atoms with van der Waals surface area (Å²) in [4.78, 5) is 0. The van der Waals surface area contributed by atoms with Gasteiger partial charge in [-0.15, -0.1) is 0 Å². The highest BCUT2D eigenvalue weighted by atomic mass is 16.4. The normalized spacial score (nSPS) is 14.4. The molecule has 0 aliphatic heterocycles. The highest BCUT2D eigenvalue weighted by Gasteiger charge is 2.25. The lowest BCUT2D eigenvalue weighted by Gasteiger charge is -2.21. The summed E-state index contributed by atoms with van der Waals surface area (Å²) in [6.07, 6.45) is 0.893. The molecule has 1 heterocycles. The monoisotopic (exact) mass is 259 g/mol. The Hall–Kier alpha value is -1.58. The van der Waals surface area contributed by atoms with Crippen molar-refractivity contribution in [1.82, 2.24) is 0 Å². The number of rotatable bonds is 4. The maximum Gasteiger partial charge on any atom is 0.135 e. The molecule has 3 heteroatoms. The van der Waals surface area contributed by atoms with E-state index in [0.29, 0.717) is 12.3 Å². The van der Waals surface area contributed by atoms with Crippen LogP contribution < -0.4 is 5.73 Å². The number of aliphatic hydroxyl groups excluding tert-OH is 1. The zero-order valence-corrected chi connectivity index (χ0v) is 11.7. The molecule has 0 bridgehead atoms. The van der Waals surface area contributed by atoms with Gasteiger partial charge in [0.2, 0.25) is 0 Å². The molecule has 0 saturated heterocycles. The Bertz CT molecular complexity index is 560. The molecule has 0 amide bonds. The number of nitrogens with two attached hydrogens (primary N) is 1. The summed E-state index contributed by atoms with van der Waals surface area (Å²) in [6.45, 7) is 6.44. The summed E-state index contributed by atoms with van der Waals surface area (Å²) in [5.41, 5.74) is 10.3. The van der Waals surface area contributed by atoms with Crippen LogP contribution >= 0.6 is 0 Å². The Morgan fingerprint density at radius 2 is 1.84 bits per heavy atom. The SMILES string of the molecule is Cc1ccc(C(CN)C(O)c2occc2C)cc1C. The maximum atomic E-state index is 10.5. The van der Waals surface area contributed by atoms with E-state index in [1.165, 1.54) is 11.1 Å². The molecule has 2 aromatic rings. The Morgan fingerprint density at radius 1 is 1.11 bits per heavy atom. The van der Waals surface area contributed by atoms with Gasteiger partial charge in [-0.05, 0) is 49.1 Å². The summed E-state index contributed by atoms with van der Waals surface area (Å²) in [7, 11) is 0. The highest BCUT2D eigenvalue weighted by Crippen LogP contribution is 2.33. The van der Waals surface area contributed by atoms with E-state index in [4.69, 9.17) is 10.2 Å². The van der Waals surface area contributed by atoms with Crippen LogP contribution in [0, 0.1) is 20.8 Å². The van der Waals surface area contributed by atoms with Gasteiger partial charge < -0.3 is 15.3 Å². The first-order valence-corrected chi connectivity index (χ1v) is 6.54. The van der Waals surface area contributed by atoms with Gasteiger partial charge >= 0.3 is 0 Å². The Labute approximate surface area is 114 Å². The first-order valence-electron chi connectivity index (χ1n) is 6.54. The van der Waals surface area contributed by atoms with Gasteiger partial charge in [0.05, 0.1) is 6.26 Å². The van der Waals surface area contributed by atoms with Crippen molar-refractivity contribution in [2.24, 2.45) is 5.73 Å². The van der Waals surface area contributed by atoms with E-state index >= 15 is 0 Å². The molecular weight excluding hydrogens is 238 g/mol. The quantitative estimate of drug-likeness (QED) is 0.887. The van der Waals surface area contributed by atoms with Gasteiger partial charge in [0.15, 0.2) is 0 Å². The average molecular weight is 259 g/mol. The molecular formula is C16H21NO2. The van der Waals surface area contributed by atoms with E-state index in [0.717, 1.165) is 11.1 Å². The number of benzene rings is 1. The molecule has 2 rings (SSSR count). The standard InChI is InChI=1S/C16H21NO2/c1-10-4-5-13(8-12(10)3)14(9-17)15(18)16-11(2)6-7-19-16/h4-8,14-15,18H,9,17H2,1-3H3.